The van der Waals surface area contributed by atoms with Crippen LogP contribution in [-0.2, 0) is 17.5 Å². The van der Waals surface area contributed by atoms with Crippen molar-refractivity contribution in [1.82, 2.24) is 0 Å². The van der Waals surface area contributed by atoms with Crippen LogP contribution in [0.4, 0.5) is 19.0 Å². The fourth-order valence-corrected chi connectivity index (χ4v) is 2.96. The number of benzene rings is 1. The highest BCUT2D eigenvalue weighted by Gasteiger charge is 2.44. The molecule has 0 aliphatic carbocycles. The van der Waals surface area contributed by atoms with E-state index in [1.165, 1.54) is 11.8 Å². The van der Waals surface area contributed by atoms with Crippen LogP contribution in [-0.4, -0.2) is 12.5 Å². The highest BCUT2D eigenvalue weighted by molar-refractivity contribution is 5.91. The second-order valence-corrected chi connectivity index (χ2v) is 5.44. The first-order chi connectivity index (χ1) is 11.3. The number of carbonyl (C=O) groups is 1. The maximum atomic E-state index is 13.5. The van der Waals surface area contributed by atoms with Crippen molar-refractivity contribution in [2.24, 2.45) is 0 Å². The molecule has 0 radical (unpaired) electrons. The number of hydrogen-bond donors (Lipinski definition) is 0. The van der Waals surface area contributed by atoms with Gasteiger partial charge in [0, 0.05) is 12.5 Å². The van der Waals surface area contributed by atoms with Crippen molar-refractivity contribution in [2.45, 2.75) is 19.6 Å². The van der Waals surface area contributed by atoms with E-state index in [4.69, 9.17) is 0 Å². The molecule has 1 aliphatic heterocycles. The molecule has 7 heteroatoms. The average Bonchev–Trinajstić information content (AvgIpc) is 2.98. The molecule has 2 heterocycles. The molecule has 122 valence electrons. The van der Waals surface area contributed by atoms with Crippen molar-refractivity contribution < 1.29 is 22.5 Å². The summed E-state index contributed by atoms with van der Waals surface area (Å²) in [5.41, 5.74) is -0.613. The maximum Gasteiger partial charge on any atom is 0.418 e. The number of pyridine rings is 1. The van der Waals surface area contributed by atoms with E-state index in [0.29, 0.717) is 17.8 Å². The molecule has 1 aliphatic rings. The van der Waals surface area contributed by atoms with Gasteiger partial charge in [0.05, 0.1) is 5.56 Å². The molecule has 3 rings (SSSR count). The lowest BCUT2D eigenvalue weighted by Crippen LogP contribution is -2.37. The second kappa shape index (κ2) is 5.64. The average molecular weight is 332 g/mol. The minimum absolute atomic E-state index is 0.0127. The molecule has 0 unspecified atom stereocenters. The van der Waals surface area contributed by atoms with Gasteiger partial charge in [-0.15, -0.1) is 0 Å². The number of rotatable bonds is 1. The molecule has 2 aromatic rings. The van der Waals surface area contributed by atoms with E-state index in [1.54, 1.807) is 41.0 Å². The predicted octanol–water partition coefficient (Wildman–Crippen LogP) is 2.90. The number of nitriles is 1. The number of aromatic nitrogens is 1. The number of anilines is 1. The van der Waals surface area contributed by atoms with E-state index in [9.17, 15) is 23.2 Å². The first kappa shape index (κ1) is 16.0. The SMILES string of the molecule is CC(=O)N1CC[n+]2c(-c3ccccc3)cc(C(F)(F)F)c(C#N)c21. The highest BCUT2D eigenvalue weighted by atomic mass is 19.4. The molecule has 0 N–H and O–H groups in total. The summed E-state index contributed by atoms with van der Waals surface area (Å²) in [7, 11) is 0. The number of fused-ring (bicyclic) bond motifs is 1. The first-order valence-electron chi connectivity index (χ1n) is 7.26. The lowest BCUT2D eigenvalue weighted by atomic mass is 10.0. The van der Waals surface area contributed by atoms with E-state index < -0.39 is 23.2 Å². The Labute approximate surface area is 136 Å². The van der Waals surface area contributed by atoms with Gasteiger partial charge in [0.2, 0.25) is 0 Å². The third kappa shape index (κ3) is 2.50. The largest absolute Gasteiger partial charge is 0.418 e. The van der Waals surface area contributed by atoms with Gasteiger partial charge in [0.1, 0.15) is 24.9 Å². The number of alkyl halides is 3. The summed E-state index contributed by atoms with van der Waals surface area (Å²) in [6.45, 7) is 1.86. The molecule has 24 heavy (non-hydrogen) atoms. The Hall–Kier alpha value is -2.88. The highest BCUT2D eigenvalue weighted by Crippen LogP contribution is 2.38. The molecule has 0 saturated carbocycles. The van der Waals surface area contributed by atoms with Crippen LogP contribution < -0.4 is 9.47 Å². The second-order valence-electron chi connectivity index (χ2n) is 5.44. The van der Waals surface area contributed by atoms with E-state index in [0.717, 1.165) is 6.07 Å². The summed E-state index contributed by atoms with van der Waals surface area (Å²) < 4.78 is 42.0. The van der Waals surface area contributed by atoms with Crippen LogP contribution in [0.5, 0.6) is 0 Å². The van der Waals surface area contributed by atoms with E-state index in [1.807, 2.05) is 0 Å². The number of nitrogens with zero attached hydrogens (tertiary/aromatic N) is 3. The molecule has 0 saturated heterocycles. The van der Waals surface area contributed by atoms with E-state index >= 15 is 0 Å². The molecule has 1 aromatic carbocycles. The lowest BCUT2D eigenvalue weighted by molar-refractivity contribution is -0.660. The van der Waals surface area contributed by atoms with Gasteiger partial charge in [-0.1, -0.05) is 30.3 Å². The topological polar surface area (TPSA) is 48.0 Å². The van der Waals surface area contributed by atoms with Gasteiger partial charge in [-0.3, -0.25) is 0 Å². The Balaban J connectivity index is 2.38. The van der Waals surface area contributed by atoms with Crippen LogP contribution in [0.3, 0.4) is 0 Å². The lowest BCUT2D eigenvalue weighted by Gasteiger charge is -2.15. The molecule has 1 amide bonds. The smallest absolute Gasteiger partial charge is 0.247 e. The third-order valence-electron chi connectivity index (χ3n) is 3.99. The third-order valence-corrected chi connectivity index (χ3v) is 3.99. The van der Waals surface area contributed by atoms with Crippen molar-refractivity contribution in [2.75, 3.05) is 11.4 Å². The van der Waals surface area contributed by atoms with Crippen LogP contribution in [0.1, 0.15) is 18.1 Å². The minimum Gasteiger partial charge on any atom is -0.247 e. The summed E-state index contributed by atoms with van der Waals surface area (Å²) in [6.07, 6.45) is -4.69. The number of amides is 1. The van der Waals surface area contributed by atoms with Crippen molar-refractivity contribution in [3.63, 3.8) is 0 Å². The van der Waals surface area contributed by atoms with Gasteiger partial charge in [0.15, 0.2) is 5.56 Å². The zero-order valence-corrected chi connectivity index (χ0v) is 12.8. The zero-order valence-electron chi connectivity index (χ0n) is 12.8. The van der Waals surface area contributed by atoms with Crippen molar-refractivity contribution >= 4 is 11.7 Å². The molecular formula is C17H13F3N3O+. The van der Waals surface area contributed by atoms with E-state index in [2.05, 4.69) is 0 Å². The fourth-order valence-electron chi connectivity index (χ4n) is 2.96. The van der Waals surface area contributed by atoms with Gasteiger partial charge in [-0.25, -0.2) is 9.36 Å². The minimum atomic E-state index is -4.69. The molecule has 0 fully saturated rings. The number of halogens is 3. The molecule has 4 nitrogen and oxygen atoms in total. The summed E-state index contributed by atoms with van der Waals surface area (Å²) in [4.78, 5) is 13.0. The molecular weight excluding hydrogens is 319 g/mol. The monoisotopic (exact) mass is 332 g/mol. The number of carbonyl (C=O) groups excluding carboxylic acids is 1. The van der Waals surface area contributed by atoms with Crippen molar-refractivity contribution in [3.05, 3.63) is 47.5 Å². The Morgan fingerprint density at radius 3 is 2.50 bits per heavy atom. The fraction of sp³-hybridized carbons (Fsp3) is 0.235. The quantitative estimate of drug-likeness (QED) is 0.754. The van der Waals surface area contributed by atoms with Crippen LogP contribution in [0.15, 0.2) is 36.4 Å². The van der Waals surface area contributed by atoms with E-state index in [-0.39, 0.29) is 12.4 Å². The molecule has 1 aromatic heterocycles. The van der Waals surface area contributed by atoms with Crippen molar-refractivity contribution in [1.29, 1.82) is 5.26 Å². The van der Waals surface area contributed by atoms with Crippen LogP contribution in [0, 0.1) is 11.3 Å². The van der Waals surface area contributed by atoms with Gasteiger partial charge in [0.25, 0.3) is 0 Å². The normalized spacial score (nSPS) is 13.5. The van der Waals surface area contributed by atoms with Crippen LogP contribution in [0.25, 0.3) is 11.3 Å². The predicted molar refractivity (Wildman–Crippen MR) is 79.8 cm³/mol. The van der Waals surface area contributed by atoms with Gasteiger partial charge < -0.3 is 0 Å². The summed E-state index contributed by atoms with van der Waals surface area (Å²) in [5.74, 6) is -0.380. The maximum absolute atomic E-state index is 13.5. The Bertz CT molecular complexity index is 854. The van der Waals surface area contributed by atoms with Crippen LogP contribution in [0.2, 0.25) is 0 Å². The summed E-state index contributed by atoms with van der Waals surface area (Å²) >= 11 is 0. The van der Waals surface area contributed by atoms with Crippen molar-refractivity contribution in [3.8, 4) is 17.3 Å². The van der Waals surface area contributed by atoms with Gasteiger partial charge >= 0.3 is 17.9 Å². The Morgan fingerprint density at radius 1 is 1.29 bits per heavy atom. The Kier molecular flexibility index (Phi) is 3.76. The molecule has 0 spiro atoms. The van der Waals surface area contributed by atoms with Crippen LogP contribution >= 0.6 is 0 Å². The first-order valence-corrected chi connectivity index (χ1v) is 7.26. The van der Waals surface area contributed by atoms with Gasteiger partial charge in [-0.05, 0) is 6.07 Å². The number of hydrogen-bond acceptors (Lipinski definition) is 2. The summed E-state index contributed by atoms with van der Waals surface area (Å²) in [6, 6.07) is 11.2. The van der Waals surface area contributed by atoms with Gasteiger partial charge in [-0.2, -0.15) is 23.3 Å². The summed E-state index contributed by atoms with van der Waals surface area (Å²) in [5, 5.41) is 9.31. The molecule has 0 bridgehead atoms. The molecule has 0 atom stereocenters. The zero-order chi connectivity index (χ0) is 17.5. The Morgan fingerprint density at radius 2 is 1.96 bits per heavy atom. The standard InChI is InChI=1S/C17H13F3N3O/c1-11(24)22-7-8-23-15(12-5-3-2-4-6-12)9-14(17(18,19)20)13(10-21)16(22)23/h2-6,9H,7-8H2,1H3/q+1.